The number of fused-ring (bicyclic) bond motifs is 1. The molecule has 2 unspecified atom stereocenters. The summed E-state index contributed by atoms with van der Waals surface area (Å²) in [6, 6.07) is 0. The zero-order valence-electron chi connectivity index (χ0n) is 20.8. The minimum Gasteiger partial charge on any atom is -0.458 e. The molecule has 3 aliphatic carbocycles. The number of esters is 1. The highest BCUT2D eigenvalue weighted by molar-refractivity contribution is 5.90. The number of allylic oxidation sites excluding steroid dienone is 3. The summed E-state index contributed by atoms with van der Waals surface area (Å²) in [5.41, 5.74) is 3.92. The molecule has 1 aliphatic heterocycles. The lowest BCUT2D eigenvalue weighted by Crippen LogP contribution is -2.37. The Labute approximate surface area is 204 Å². The van der Waals surface area contributed by atoms with Crippen LogP contribution in [-0.2, 0) is 9.53 Å². The number of hydrogen-bond donors (Lipinski definition) is 3. The monoisotopic (exact) mass is 470 g/mol. The highest BCUT2D eigenvalue weighted by Crippen LogP contribution is 2.60. The van der Waals surface area contributed by atoms with Crippen LogP contribution in [0.15, 0.2) is 47.6 Å². The van der Waals surface area contributed by atoms with E-state index in [4.69, 9.17) is 4.74 Å². The van der Waals surface area contributed by atoms with Gasteiger partial charge < -0.3 is 20.1 Å². The molecule has 0 radical (unpaired) electrons. The van der Waals surface area contributed by atoms with Crippen LogP contribution >= 0.6 is 0 Å². The number of ether oxygens (including phenoxy) is 1. The zero-order chi connectivity index (χ0) is 24.6. The van der Waals surface area contributed by atoms with Crippen molar-refractivity contribution in [1.29, 1.82) is 0 Å². The second kappa shape index (κ2) is 10.1. The Morgan fingerprint density at radius 3 is 2.71 bits per heavy atom. The summed E-state index contributed by atoms with van der Waals surface area (Å²) in [6.45, 7) is 12.8. The van der Waals surface area contributed by atoms with Crippen LogP contribution in [0.5, 0.6) is 0 Å². The molecule has 1 heterocycles. The van der Waals surface area contributed by atoms with Gasteiger partial charge in [-0.1, -0.05) is 44.7 Å². The van der Waals surface area contributed by atoms with Crippen molar-refractivity contribution in [2.45, 2.75) is 89.9 Å². The molecule has 0 aromatic carbocycles. The summed E-state index contributed by atoms with van der Waals surface area (Å²) < 4.78 is 5.67. The minimum absolute atomic E-state index is 0.0402. The highest BCUT2D eigenvalue weighted by atomic mass is 16.6. The summed E-state index contributed by atoms with van der Waals surface area (Å²) in [6.07, 6.45) is 11.1. The second-order valence-electron chi connectivity index (χ2n) is 11.5. The normalized spacial score (nSPS) is 41.7. The summed E-state index contributed by atoms with van der Waals surface area (Å²) in [5, 5.41) is 29.7. The van der Waals surface area contributed by atoms with Crippen molar-refractivity contribution in [2.24, 2.45) is 29.1 Å². The van der Waals surface area contributed by atoms with E-state index < -0.39 is 12.2 Å². The van der Waals surface area contributed by atoms with E-state index in [-0.39, 0.29) is 30.0 Å². The van der Waals surface area contributed by atoms with Gasteiger partial charge in [0, 0.05) is 24.5 Å². The summed E-state index contributed by atoms with van der Waals surface area (Å²) in [7, 11) is 0. The number of carbonyl (C=O) groups excluding carboxylic acids is 1. The van der Waals surface area contributed by atoms with Gasteiger partial charge in [0.05, 0.1) is 12.2 Å². The molecule has 0 aromatic rings. The third-order valence-electron chi connectivity index (χ3n) is 9.45. The summed E-state index contributed by atoms with van der Waals surface area (Å²) in [5.74, 6) is 1.13. The summed E-state index contributed by atoms with van der Waals surface area (Å²) in [4.78, 5) is 12.1. The maximum absolute atomic E-state index is 12.1. The first kappa shape index (κ1) is 25.4. The molecule has 5 heteroatoms. The lowest BCUT2D eigenvalue weighted by atomic mass is 9.60. The van der Waals surface area contributed by atoms with E-state index in [1.807, 2.05) is 0 Å². The predicted octanol–water partition coefficient (Wildman–Crippen LogP) is 4.63. The van der Waals surface area contributed by atoms with E-state index in [0.717, 1.165) is 24.0 Å². The Morgan fingerprint density at radius 2 is 1.97 bits per heavy atom. The molecular weight excluding hydrogens is 428 g/mol. The van der Waals surface area contributed by atoms with Crippen molar-refractivity contribution < 1.29 is 24.9 Å². The highest BCUT2D eigenvalue weighted by Gasteiger charge is 2.51. The molecule has 1 saturated heterocycles. The molecule has 4 aliphatic rings. The summed E-state index contributed by atoms with van der Waals surface area (Å²) >= 11 is 0. The van der Waals surface area contributed by atoms with Gasteiger partial charge in [-0.25, -0.2) is 4.79 Å². The Hall–Kier alpha value is -1.69. The van der Waals surface area contributed by atoms with Gasteiger partial charge in [0.1, 0.15) is 6.10 Å². The molecular formula is C29H42O5. The molecule has 0 amide bonds. The van der Waals surface area contributed by atoms with Crippen molar-refractivity contribution in [1.82, 2.24) is 0 Å². The van der Waals surface area contributed by atoms with Crippen molar-refractivity contribution in [3.05, 3.63) is 47.6 Å². The lowest BCUT2D eigenvalue weighted by Gasteiger charge is -2.44. The lowest BCUT2D eigenvalue weighted by molar-refractivity contribution is -0.140. The van der Waals surface area contributed by atoms with Crippen LogP contribution in [0, 0.1) is 29.1 Å². The smallest absolute Gasteiger partial charge is 0.334 e. The predicted molar refractivity (Wildman–Crippen MR) is 133 cm³/mol. The fourth-order valence-corrected chi connectivity index (χ4v) is 7.59. The van der Waals surface area contributed by atoms with Gasteiger partial charge in [-0.05, 0) is 85.7 Å². The molecule has 4 fully saturated rings. The van der Waals surface area contributed by atoms with Crippen LogP contribution in [0.1, 0.15) is 71.6 Å². The van der Waals surface area contributed by atoms with Gasteiger partial charge in [-0.2, -0.15) is 0 Å². The molecule has 5 nitrogen and oxygen atoms in total. The largest absolute Gasteiger partial charge is 0.458 e. The third-order valence-corrected chi connectivity index (χ3v) is 9.45. The van der Waals surface area contributed by atoms with Crippen LogP contribution in [0.25, 0.3) is 0 Å². The fraction of sp³-hybridized carbons (Fsp3) is 0.690. The van der Waals surface area contributed by atoms with E-state index in [1.54, 1.807) is 0 Å². The Kier molecular flexibility index (Phi) is 7.56. The van der Waals surface area contributed by atoms with Gasteiger partial charge in [-0.3, -0.25) is 0 Å². The average Bonchev–Trinajstić information content (AvgIpc) is 3.27. The molecule has 4 rings (SSSR count). The molecule has 34 heavy (non-hydrogen) atoms. The van der Waals surface area contributed by atoms with E-state index in [9.17, 15) is 20.1 Å². The molecule has 8 atom stereocenters. The second-order valence-corrected chi connectivity index (χ2v) is 11.5. The van der Waals surface area contributed by atoms with Gasteiger partial charge in [0.25, 0.3) is 0 Å². The molecule has 3 saturated carbocycles. The third kappa shape index (κ3) is 4.72. The number of aliphatic hydroxyl groups excluding tert-OH is 3. The maximum Gasteiger partial charge on any atom is 0.334 e. The Morgan fingerprint density at radius 1 is 1.21 bits per heavy atom. The van der Waals surface area contributed by atoms with E-state index >= 15 is 0 Å². The zero-order valence-corrected chi connectivity index (χ0v) is 20.8. The number of rotatable bonds is 6. The first-order valence-corrected chi connectivity index (χ1v) is 13.1. The Bertz CT molecular complexity index is 885. The van der Waals surface area contributed by atoms with E-state index in [1.165, 1.54) is 31.3 Å². The molecule has 0 aromatic heterocycles. The standard InChI is InChI=1S/C29H42O5/c1-17(14-27-23(11-13-30)19(3)28(33)34-27)24-9-10-25-20(6-5-12-29(24,25)4)7-8-21-15-22(31)16-26(32)18(21)2/h7-8,17,22-27,30-32H,2-3,5-6,9-16H2,1,4H3/b20-7+,21-8-/t17-,22-,23?,24-,25+,26+,27?,29-/m1/s1. The van der Waals surface area contributed by atoms with Gasteiger partial charge >= 0.3 is 5.97 Å². The molecule has 3 N–H and O–H groups in total. The maximum atomic E-state index is 12.1. The Balaban J connectivity index is 1.48. The quantitative estimate of drug-likeness (QED) is 0.389. The molecule has 188 valence electrons. The van der Waals surface area contributed by atoms with Gasteiger partial charge in [0.15, 0.2) is 0 Å². The van der Waals surface area contributed by atoms with Crippen LogP contribution in [0.2, 0.25) is 0 Å². The van der Waals surface area contributed by atoms with Crippen molar-refractivity contribution >= 4 is 5.97 Å². The number of hydrogen-bond acceptors (Lipinski definition) is 5. The molecule has 0 bridgehead atoms. The van der Waals surface area contributed by atoms with Gasteiger partial charge in [-0.15, -0.1) is 0 Å². The van der Waals surface area contributed by atoms with Crippen molar-refractivity contribution in [3.8, 4) is 0 Å². The van der Waals surface area contributed by atoms with Crippen molar-refractivity contribution in [2.75, 3.05) is 6.61 Å². The average molecular weight is 471 g/mol. The van der Waals surface area contributed by atoms with Crippen LogP contribution in [0.4, 0.5) is 0 Å². The van der Waals surface area contributed by atoms with Crippen LogP contribution in [-0.4, -0.2) is 46.2 Å². The number of carbonyl (C=O) groups is 1. The van der Waals surface area contributed by atoms with E-state index in [2.05, 4.69) is 39.2 Å². The number of cyclic esters (lactones) is 1. The minimum atomic E-state index is -0.655. The van der Waals surface area contributed by atoms with E-state index in [0.29, 0.717) is 42.6 Å². The van der Waals surface area contributed by atoms with Crippen LogP contribution in [0.3, 0.4) is 0 Å². The molecule has 0 spiro atoms. The van der Waals surface area contributed by atoms with Crippen molar-refractivity contribution in [3.63, 3.8) is 0 Å². The number of aliphatic hydroxyl groups is 3. The van der Waals surface area contributed by atoms with Crippen LogP contribution < -0.4 is 0 Å². The SMILES string of the molecule is C=C1C(=O)OC(C[C@@H](C)[C@H]2CC[C@H]3/C(=C/C=C4/C[C@@H](O)C[C@H](O)C4=C)CCC[C@]23C)C1CCO. The topological polar surface area (TPSA) is 87.0 Å². The van der Waals surface area contributed by atoms with Gasteiger partial charge in [0.2, 0.25) is 0 Å². The fourth-order valence-electron chi connectivity index (χ4n) is 7.59. The first-order valence-electron chi connectivity index (χ1n) is 13.1. The first-order chi connectivity index (χ1) is 16.2.